The molecule has 0 spiro atoms. The second kappa shape index (κ2) is 6.45. The molecule has 22 heavy (non-hydrogen) atoms. The first-order valence-electron chi connectivity index (χ1n) is 6.84. The van der Waals surface area contributed by atoms with E-state index >= 15 is 0 Å². The quantitative estimate of drug-likeness (QED) is 0.836. The van der Waals surface area contributed by atoms with Gasteiger partial charge in [-0.1, -0.05) is 18.2 Å². The number of nitrogens with zero attached hydrogens (tertiary/aromatic N) is 2. The highest BCUT2D eigenvalue weighted by molar-refractivity contribution is 7.89. The van der Waals surface area contributed by atoms with Crippen LogP contribution in [0, 0.1) is 5.92 Å². The van der Waals surface area contributed by atoms with E-state index in [4.69, 9.17) is 5.11 Å². The molecule has 1 amide bonds. The number of aliphatic carboxylic acids is 1. The molecule has 2 rings (SSSR count). The lowest BCUT2D eigenvalue weighted by Gasteiger charge is -2.21. The number of carboxylic acids is 1. The SMILES string of the molecule is CN(CC(=O)N1CCC(C(=O)O)C1)S(=O)(=O)c1ccccc1. The van der Waals surface area contributed by atoms with Gasteiger partial charge in [0.2, 0.25) is 15.9 Å². The van der Waals surface area contributed by atoms with E-state index in [2.05, 4.69) is 0 Å². The van der Waals surface area contributed by atoms with Crippen molar-refractivity contribution >= 4 is 21.9 Å². The van der Waals surface area contributed by atoms with E-state index in [-0.39, 0.29) is 23.9 Å². The molecule has 1 aromatic carbocycles. The minimum atomic E-state index is -3.72. The lowest BCUT2D eigenvalue weighted by Crippen LogP contribution is -2.40. The number of rotatable bonds is 5. The lowest BCUT2D eigenvalue weighted by molar-refractivity contribution is -0.141. The molecule has 120 valence electrons. The topological polar surface area (TPSA) is 95.0 Å². The van der Waals surface area contributed by atoms with Gasteiger partial charge in [0.25, 0.3) is 0 Å². The van der Waals surface area contributed by atoms with Gasteiger partial charge in [0.05, 0.1) is 17.4 Å². The number of carbonyl (C=O) groups excluding carboxylic acids is 1. The van der Waals surface area contributed by atoms with Crippen molar-refractivity contribution < 1.29 is 23.1 Å². The van der Waals surface area contributed by atoms with Crippen LogP contribution in [-0.2, 0) is 19.6 Å². The molecule has 1 N–H and O–H groups in total. The van der Waals surface area contributed by atoms with Crippen LogP contribution in [0.5, 0.6) is 0 Å². The highest BCUT2D eigenvalue weighted by Gasteiger charge is 2.32. The van der Waals surface area contributed by atoms with E-state index < -0.39 is 21.9 Å². The summed E-state index contributed by atoms with van der Waals surface area (Å²) in [5, 5.41) is 8.93. The van der Waals surface area contributed by atoms with Gasteiger partial charge in [-0.25, -0.2) is 8.42 Å². The van der Waals surface area contributed by atoms with Gasteiger partial charge in [-0.2, -0.15) is 4.31 Å². The first kappa shape index (κ1) is 16.4. The van der Waals surface area contributed by atoms with Crippen LogP contribution < -0.4 is 0 Å². The monoisotopic (exact) mass is 326 g/mol. The lowest BCUT2D eigenvalue weighted by atomic mass is 10.1. The fourth-order valence-corrected chi connectivity index (χ4v) is 3.48. The molecular formula is C14H18N2O5S. The van der Waals surface area contributed by atoms with Gasteiger partial charge in [-0.05, 0) is 18.6 Å². The molecule has 0 bridgehead atoms. The predicted octanol–water partition coefficient (Wildman–Crippen LogP) is 0.240. The van der Waals surface area contributed by atoms with Crippen molar-refractivity contribution in [1.29, 1.82) is 0 Å². The van der Waals surface area contributed by atoms with Crippen LogP contribution in [0.3, 0.4) is 0 Å². The van der Waals surface area contributed by atoms with Gasteiger partial charge in [-0.3, -0.25) is 9.59 Å². The predicted molar refractivity (Wildman–Crippen MR) is 78.6 cm³/mol. The molecule has 0 saturated carbocycles. The number of hydrogen-bond donors (Lipinski definition) is 1. The maximum Gasteiger partial charge on any atom is 0.308 e. The molecular weight excluding hydrogens is 308 g/mol. The van der Waals surface area contributed by atoms with Crippen LogP contribution in [0.2, 0.25) is 0 Å². The van der Waals surface area contributed by atoms with Gasteiger partial charge in [0, 0.05) is 20.1 Å². The Balaban J connectivity index is 2.02. The third-order valence-corrected chi connectivity index (χ3v) is 5.52. The zero-order valence-corrected chi connectivity index (χ0v) is 13.0. The highest BCUT2D eigenvalue weighted by Crippen LogP contribution is 2.18. The summed E-state index contributed by atoms with van der Waals surface area (Å²) in [6, 6.07) is 7.86. The Morgan fingerprint density at radius 2 is 1.95 bits per heavy atom. The van der Waals surface area contributed by atoms with Crippen molar-refractivity contribution in [1.82, 2.24) is 9.21 Å². The van der Waals surface area contributed by atoms with Gasteiger partial charge in [0.15, 0.2) is 0 Å². The molecule has 1 aromatic rings. The van der Waals surface area contributed by atoms with Crippen LogP contribution in [0.25, 0.3) is 0 Å². The minimum absolute atomic E-state index is 0.120. The van der Waals surface area contributed by atoms with Crippen molar-refractivity contribution in [2.45, 2.75) is 11.3 Å². The fraction of sp³-hybridized carbons (Fsp3) is 0.429. The second-order valence-electron chi connectivity index (χ2n) is 5.24. The number of benzene rings is 1. The Kier molecular flexibility index (Phi) is 4.82. The van der Waals surface area contributed by atoms with Gasteiger partial charge in [-0.15, -0.1) is 0 Å². The third kappa shape index (κ3) is 3.45. The molecule has 1 unspecified atom stereocenters. The molecule has 1 aliphatic heterocycles. The Bertz CT molecular complexity index is 659. The van der Waals surface area contributed by atoms with Crippen LogP contribution >= 0.6 is 0 Å². The zero-order chi connectivity index (χ0) is 16.3. The molecule has 8 heteroatoms. The van der Waals surface area contributed by atoms with Crippen LogP contribution in [0.1, 0.15) is 6.42 Å². The van der Waals surface area contributed by atoms with Crippen LogP contribution in [0.4, 0.5) is 0 Å². The molecule has 0 aliphatic carbocycles. The summed E-state index contributed by atoms with van der Waals surface area (Å²) in [7, 11) is -2.39. The smallest absolute Gasteiger partial charge is 0.308 e. The number of likely N-dealkylation sites (tertiary alicyclic amines) is 1. The van der Waals surface area contributed by atoms with E-state index in [0.717, 1.165) is 4.31 Å². The van der Waals surface area contributed by atoms with E-state index in [9.17, 15) is 18.0 Å². The third-order valence-electron chi connectivity index (χ3n) is 3.70. The molecule has 7 nitrogen and oxygen atoms in total. The molecule has 1 heterocycles. The Morgan fingerprint density at radius 3 is 2.50 bits per heavy atom. The largest absolute Gasteiger partial charge is 0.481 e. The first-order valence-corrected chi connectivity index (χ1v) is 8.28. The fourth-order valence-electron chi connectivity index (χ4n) is 2.34. The average molecular weight is 326 g/mol. The van der Waals surface area contributed by atoms with Crippen molar-refractivity contribution in [2.75, 3.05) is 26.7 Å². The number of sulfonamides is 1. The summed E-state index contributed by atoms with van der Waals surface area (Å²) in [5.41, 5.74) is 0. The minimum Gasteiger partial charge on any atom is -0.481 e. The first-order chi connectivity index (χ1) is 10.3. The molecule has 0 aromatic heterocycles. The Hall–Kier alpha value is -1.93. The summed E-state index contributed by atoms with van der Waals surface area (Å²) in [4.78, 5) is 24.5. The maximum atomic E-state index is 12.3. The standard InChI is InChI=1S/C14H18N2O5S/c1-15(22(20,21)12-5-3-2-4-6-12)10-13(17)16-8-7-11(9-16)14(18)19/h2-6,11H,7-10H2,1H3,(H,18,19). The van der Waals surface area contributed by atoms with E-state index in [1.807, 2.05) is 0 Å². The Morgan fingerprint density at radius 1 is 1.32 bits per heavy atom. The number of carbonyl (C=O) groups is 2. The summed E-state index contributed by atoms with van der Waals surface area (Å²) in [6.07, 6.45) is 0.399. The summed E-state index contributed by atoms with van der Waals surface area (Å²) >= 11 is 0. The van der Waals surface area contributed by atoms with Crippen molar-refractivity contribution in [3.05, 3.63) is 30.3 Å². The molecule has 0 radical (unpaired) electrons. The van der Waals surface area contributed by atoms with Crippen molar-refractivity contribution in [3.8, 4) is 0 Å². The second-order valence-corrected chi connectivity index (χ2v) is 7.28. The van der Waals surface area contributed by atoms with Gasteiger partial charge < -0.3 is 10.0 Å². The summed E-state index contributed by atoms with van der Waals surface area (Å²) in [5.74, 6) is -1.88. The zero-order valence-electron chi connectivity index (χ0n) is 12.2. The van der Waals surface area contributed by atoms with Gasteiger partial charge >= 0.3 is 5.97 Å². The summed E-state index contributed by atoms with van der Waals surface area (Å²) < 4.78 is 25.6. The summed E-state index contributed by atoms with van der Waals surface area (Å²) in [6.45, 7) is 0.173. The number of hydrogen-bond acceptors (Lipinski definition) is 4. The molecule has 1 aliphatic rings. The normalized spacial score (nSPS) is 18.6. The number of likely N-dealkylation sites (N-methyl/N-ethyl adjacent to an activating group) is 1. The number of carboxylic acid groups (broad SMARTS) is 1. The van der Waals surface area contributed by atoms with Crippen LogP contribution in [-0.4, -0.2) is 61.3 Å². The number of amides is 1. The van der Waals surface area contributed by atoms with E-state index in [1.54, 1.807) is 18.2 Å². The molecule has 1 fully saturated rings. The van der Waals surface area contributed by atoms with Crippen molar-refractivity contribution in [3.63, 3.8) is 0 Å². The Labute approximate surface area is 129 Å². The van der Waals surface area contributed by atoms with E-state index in [1.165, 1.54) is 24.1 Å². The molecule has 1 atom stereocenters. The average Bonchev–Trinajstić information content (AvgIpc) is 2.98. The highest BCUT2D eigenvalue weighted by atomic mass is 32.2. The van der Waals surface area contributed by atoms with Crippen LogP contribution in [0.15, 0.2) is 35.2 Å². The van der Waals surface area contributed by atoms with Crippen molar-refractivity contribution in [2.24, 2.45) is 5.92 Å². The van der Waals surface area contributed by atoms with Gasteiger partial charge in [0.1, 0.15) is 0 Å². The van der Waals surface area contributed by atoms with E-state index in [0.29, 0.717) is 13.0 Å². The molecule has 1 saturated heterocycles. The maximum absolute atomic E-state index is 12.3.